The molecule has 2 aromatic heterocycles. The van der Waals surface area contributed by atoms with E-state index in [1.807, 2.05) is 0 Å². The van der Waals surface area contributed by atoms with Crippen LogP contribution in [0.15, 0.2) is 11.4 Å². The molecule has 0 saturated heterocycles. The lowest BCUT2D eigenvalue weighted by molar-refractivity contribution is 0.0697. The second kappa shape index (κ2) is 4.81. The maximum absolute atomic E-state index is 10.6. The summed E-state index contributed by atoms with van der Waals surface area (Å²) < 4.78 is 0. The van der Waals surface area contributed by atoms with Gasteiger partial charge in [0.25, 0.3) is 0 Å². The number of hydrogen-bond acceptors (Lipinski definition) is 6. The smallest absolute Gasteiger partial charge is 0.336 e. The second-order valence-corrected chi connectivity index (χ2v) is 4.03. The van der Waals surface area contributed by atoms with Crippen LogP contribution in [0.2, 0.25) is 0 Å². The van der Waals surface area contributed by atoms with Gasteiger partial charge in [-0.15, -0.1) is 21.5 Å². The summed E-state index contributed by atoms with van der Waals surface area (Å²) in [5.74, 6) is -0.323. The molecule has 3 N–H and O–H groups in total. The zero-order valence-corrected chi connectivity index (χ0v) is 8.99. The van der Waals surface area contributed by atoms with Crippen molar-refractivity contribution >= 4 is 17.3 Å². The monoisotopic (exact) mass is 239 g/mol. The minimum absolute atomic E-state index is 0.321. The van der Waals surface area contributed by atoms with Gasteiger partial charge in [-0.05, 0) is 6.07 Å². The van der Waals surface area contributed by atoms with Gasteiger partial charge in [0.1, 0.15) is 0 Å². The van der Waals surface area contributed by atoms with E-state index < -0.39 is 5.97 Å². The van der Waals surface area contributed by atoms with Gasteiger partial charge in [0.2, 0.25) is 0 Å². The van der Waals surface area contributed by atoms with Crippen molar-refractivity contribution in [1.82, 2.24) is 25.9 Å². The highest BCUT2D eigenvalue weighted by Crippen LogP contribution is 2.14. The predicted octanol–water partition coefficient (Wildman–Crippen LogP) is 0.249. The number of nitrogens with one attached hydrogen (secondary N) is 2. The van der Waals surface area contributed by atoms with Crippen molar-refractivity contribution in [1.29, 1.82) is 0 Å². The molecule has 2 aromatic rings. The van der Waals surface area contributed by atoms with Crippen LogP contribution >= 0.6 is 11.3 Å². The Morgan fingerprint density at radius 1 is 1.56 bits per heavy atom. The minimum atomic E-state index is -0.902. The van der Waals surface area contributed by atoms with E-state index in [1.165, 1.54) is 11.3 Å². The molecule has 2 rings (SSSR count). The van der Waals surface area contributed by atoms with Gasteiger partial charge in [-0.25, -0.2) is 4.79 Å². The fourth-order valence-corrected chi connectivity index (χ4v) is 1.97. The topological polar surface area (TPSA) is 104 Å². The summed E-state index contributed by atoms with van der Waals surface area (Å²) in [5.41, 5.74) is 0.321. The highest BCUT2D eigenvalue weighted by Gasteiger charge is 2.06. The summed E-state index contributed by atoms with van der Waals surface area (Å²) in [6.45, 7) is 1.09. The second-order valence-electron chi connectivity index (χ2n) is 3.04. The Balaban J connectivity index is 1.83. The first-order valence-corrected chi connectivity index (χ1v) is 5.37. The van der Waals surface area contributed by atoms with E-state index in [1.54, 1.807) is 11.4 Å². The van der Waals surface area contributed by atoms with Gasteiger partial charge in [0.05, 0.1) is 12.1 Å². The van der Waals surface area contributed by atoms with Crippen LogP contribution in [0.4, 0.5) is 0 Å². The number of aromatic amines is 1. The molecule has 0 spiro atoms. The Kier molecular flexibility index (Phi) is 3.22. The lowest BCUT2D eigenvalue weighted by atomic mass is 10.3. The van der Waals surface area contributed by atoms with Crippen LogP contribution < -0.4 is 5.32 Å². The molecule has 0 aromatic carbocycles. The lowest BCUT2D eigenvalue weighted by Crippen LogP contribution is -2.13. The van der Waals surface area contributed by atoms with E-state index in [0.717, 1.165) is 4.88 Å². The fourth-order valence-electron chi connectivity index (χ4n) is 1.14. The molecule has 0 saturated carbocycles. The van der Waals surface area contributed by atoms with Crippen LogP contribution in [0.5, 0.6) is 0 Å². The number of carbonyl (C=O) groups is 1. The molecule has 0 aliphatic carbocycles. The Morgan fingerprint density at radius 2 is 2.44 bits per heavy atom. The molecule has 7 nitrogen and oxygen atoms in total. The number of thiophene rings is 1. The molecule has 0 aliphatic heterocycles. The lowest BCUT2D eigenvalue weighted by Gasteiger charge is -1.97. The summed E-state index contributed by atoms with van der Waals surface area (Å²) in [6, 6.07) is 1.65. The SMILES string of the molecule is O=C(O)c1csc(CNCc2nn[nH]n2)c1. The average Bonchev–Trinajstić information content (AvgIpc) is 2.87. The average molecular weight is 239 g/mol. The molecule has 0 bridgehead atoms. The molecule has 0 atom stereocenters. The maximum atomic E-state index is 10.6. The van der Waals surface area contributed by atoms with Crippen LogP contribution in [0.1, 0.15) is 21.1 Å². The molecule has 2 heterocycles. The Hall–Kier alpha value is -1.80. The largest absolute Gasteiger partial charge is 0.478 e. The summed E-state index contributed by atoms with van der Waals surface area (Å²) in [7, 11) is 0. The van der Waals surface area contributed by atoms with Crippen molar-refractivity contribution in [3.05, 3.63) is 27.7 Å². The molecular weight excluding hydrogens is 230 g/mol. The van der Waals surface area contributed by atoms with Gasteiger partial charge in [-0.3, -0.25) is 0 Å². The van der Waals surface area contributed by atoms with E-state index in [4.69, 9.17) is 5.11 Å². The van der Waals surface area contributed by atoms with E-state index in [9.17, 15) is 4.79 Å². The van der Waals surface area contributed by atoms with E-state index in [2.05, 4.69) is 25.9 Å². The van der Waals surface area contributed by atoms with Crippen molar-refractivity contribution < 1.29 is 9.90 Å². The summed E-state index contributed by atoms with van der Waals surface area (Å²) in [6.07, 6.45) is 0. The number of carboxylic acid groups (broad SMARTS) is 1. The quantitative estimate of drug-likeness (QED) is 0.691. The summed E-state index contributed by atoms with van der Waals surface area (Å²) in [4.78, 5) is 11.6. The molecule has 8 heteroatoms. The molecule has 0 amide bonds. The third-order valence-electron chi connectivity index (χ3n) is 1.87. The van der Waals surface area contributed by atoms with Crippen molar-refractivity contribution in [2.75, 3.05) is 0 Å². The third kappa shape index (κ3) is 2.61. The fraction of sp³-hybridized carbons (Fsp3) is 0.250. The maximum Gasteiger partial charge on any atom is 0.336 e. The number of aromatic carboxylic acids is 1. The first-order chi connectivity index (χ1) is 7.75. The number of hydrogen-bond donors (Lipinski definition) is 3. The third-order valence-corrected chi connectivity index (χ3v) is 2.81. The summed E-state index contributed by atoms with van der Waals surface area (Å²) >= 11 is 1.41. The van der Waals surface area contributed by atoms with E-state index in [-0.39, 0.29) is 0 Å². The number of aromatic nitrogens is 4. The number of H-pyrrole nitrogens is 1. The van der Waals surface area contributed by atoms with Crippen molar-refractivity contribution in [3.8, 4) is 0 Å². The van der Waals surface area contributed by atoms with Gasteiger partial charge in [0.15, 0.2) is 5.82 Å². The number of carboxylic acids is 1. The summed E-state index contributed by atoms with van der Waals surface area (Å²) in [5, 5.41) is 26.8. The highest BCUT2D eigenvalue weighted by atomic mass is 32.1. The van der Waals surface area contributed by atoms with Gasteiger partial charge >= 0.3 is 5.97 Å². The zero-order chi connectivity index (χ0) is 11.4. The number of rotatable bonds is 5. The highest BCUT2D eigenvalue weighted by molar-refractivity contribution is 7.10. The van der Waals surface area contributed by atoms with Gasteiger partial charge in [-0.1, -0.05) is 5.21 Å². The molecule has 0 radical (unpaired) electrons. The molecule has 0 aliphatic rings. The molecule has 0 fully saturated rings. The Bertz CT molecular complexity index is 466. The van der Waals surface area contributed by atoms with Crippen molar-refractivity contribution in [2.45, 2.75) is 13.1 Å². The van der Waals surface area contributed by atoms with Crippen LogP contribution in [-0.4, -0.2) is 31.7 Å². The van der Waals surface area contributed by atoms with Gasteiger partial charge in [-0.2, -0.15) is 5.21 Å². The van der Waals surface area contributed by atoms with Crippen molar-refractivity contribution in [3.63, 3.8) is 0 Å². The Morgan fingerprint density at radius 3 is 3.06 bits per heavy atom. The Labute approximate surface area is 94.5 Å². The standard InChI is InChI=1S/C8H9N5O2S/c14-8(15)5-1-6(16-4-5)2-9-3-7-10-12-13-11-7/h1,4,9H,2-3H2,(H,14,15)(H,10,11,12,13). The predicted molar refractivity (Wildman–Crippen MR) is 56.0 cm³/mol. The normalized spacial score (nSPS) is 10.5. The van der Waals surface area contributed by atoms with Crippen LogP contribution in [0, 0.1) is 0 Å². The van der Waals surface area contributed by atoms with Gasteiger partial charge in [0, 0.05) is 16.8 Å². The van der Waals surface area contributed by atoms with Crippen LogP contribution in [0.25, 0.3) is 0 Å². The molecule has 0 unspecified atom stereocenters. The number of nitrogens with zero attached hydrogens (tertiary/aromatic N) is 3. The van der Waals surface area contributed by atoms with E-state index in [0.29, 0.717) is 24.5 Å². The molecular formula is C8H9N5O2S. The zero-order valence-electron chi connectivity index (χ0n) is 8.17. The first kappa shape index (κ1) is 10.7. The van der Waals surface area contributed by atoms with Crippen LogP contribution in [0.3, 0.4) is 0 Å². The molecule has 84 valence electrons. The van der Waals surface area contributed by atoms with Crippen molar-refractivity contribution in [2.24, 2.45) is 0 Å². The minimum Gasteiger partial charge on any atom is -0.478 e. The number of tetrazole rings is 1. The first-order valence-electron chi connectivity index (χ1n) is 4.49. The molecule has 16 heavy (non-hydrogen) atoms. The van der Waals surface area contributed by atoms with E-state index >= 15 is 0 Å². The van der Waals surface area contributed by atoms with Gasteiger partial charge < -0.3 is 10.4 Å². The van der Waals surface area contributed by atoms with Crippen LogP contribution in [-0.2, 0) is 13.1 Å².